The van der Waals surface area contributed by atoms with Crippen molar-refractivity contribution in [3.8, 4) is 0 Å². The number of nitrogens with two attached hydrogens (primary N) is 2. The Hall–Kier alpha value is -1.59. The fraction of sp³-hybridized carbons (Fsp3) is 0.400. The van der Waals surface area contributed by atoms with E-state index in [2.05, 4.69) is 4.84 Å². The monoisotopic (exact) mass is 158 g/mol. The number of imide groups is 1. The molecule has 6 heteroatoms. The lowest BCUT2D eigenvalue weighted by atomic mass is 10.4. The molecule has 60 valence electrons. The minimum atomic E-state index is -0.414. The zero-order valence-electron chi connectivity index (χ0n) is 5.74. The number of carbonyl (C=O) groups is 2. The van der Waals surface area contributed by atoms with Crippen molar-refractivity contribution in [2.24, 2.45) is 5.73 Å². The third-order valence-electron chi connectivity index (χ3n) is 1.20. The number of nitrogens with zero attached hydrogens (tertiary/aromatic N) is 1. The van der Waals surface area contributed by atoms with Gasteiger partial charge in [0, 0.05) is 12.8 Å². The van der Waals surface area contributed by atoms with E-state index in [-0.39, 0.29) is 12.8 Å². The van der Waals surface area contributed by atoms with Gasteiger partial charge in [-0.3, -0.25) is 25.6 Å². The van der Waals surface area contributed by atoms with E-state index in [4.69, 9.17) is 11.1 Å². The van der Waals surface area contributed by atoms with Crippen molar-refractivity contribution < 1.29 is 19.8 Å². The Bertz CT molecular complexity index is 209. The average Bonchev–Trinajstić information content (AvgIpc) is 2.18. The van der Waals surface area contributed by atoms with E-state index in [1.165, 1.54) is 0 Å². The maximum atomic E-state index is 10.8. The van der Waals surface area contributed by atoms with Gasteiger partial charge < -0.3 is 0 Å². The molecule has 1 saturated heterocycles. The minimum Gasteiger partial charge on any atom is -0.293 e. The predicted octanol–water partition coefficient (Wildman–Crippen LogP) is -2.86. The highest BCUT2D eigenvalue weighted by Crippen LogP contribution is 2.10. The van der Waals surface area contributed by atoms with Crippen molar-refractivity contribution in [2.75, 3.05) is 0 Å². The zero-order chi connectivity index (χ0) is 8.43. The summed E-state index contributed by atoms with van der Waals surface area (Å²) < 4.78 is 0. The standard InChI is InChI=1S/C5H7N3O3/c6-5(7)11-8-3(9)1-2-4(8)10/h1-2H2,(H3,6,7)/p+1. The maximum absolute atomic E-state index is 10.8. The Morgan fingerprint density at radius 2 is 1.91 bits per heavy atom. The quantitative estimate of drug-likeness (QED) is 0.243. The van der Waals surface area contributed by atoms with Crippen LogP contribution in [0.15, 0.2) is 0 Å². The molecule has 0 aromatic carbocycles. The lowest BCUT2D eigenvalue weighted by Gasteiger charge is -2.08. The van der Waals surface area contributed by atoms with E-state index in [1.54, 1.807) is 0 Å². The van der Waals surface area contributed by atoms with Gasteiger partial charge in [-0.25, -0.2) is 0 Å². The van der Waals surface area contributed by atoms with Gasteiger partial charge in [-0.2, -0.15) is 0 Å². The van der Waals surface area contributed by atoms with Crippen LogP contribution in [0.2, 0.25) is 0 Å². The molecule has 1 aliphatic heterocycles. The van der Waals surface area contributed by atoms with Gasteiger partial charge in [0.15, 0.2) is 0 Å². The third-order valence-corrected chi connectivity index (χ3v) is 1.20. The van der Waals surface area contributed by atoms with Crippen LogP contribution in [0.5, 0.6) is 0 Å². The van der Waals surface area contributed by atoms with Gasteiger partial charge in [0.2, 0.25) is 0 Å². The molecule has 1 heterocycles. The van der Waals surface area contributed by atoms with E-state index < -0.39 is 17.8 Å². The van der Waals surface area contributed by atoms with Crippen LogP contribution in [0.25, 0.3) is 0 Å². The van der Waals surface area contributed by atoms with Gasteiger partial charge in [-0.1, -0.05) is 5.06 Å². The van der Waals surface area contributed by atoms with Crippen LogP contribution in [-0.4, -0.2) is 22.9 Å². The molecule has 1 rings (SSSR count). The fourth-order valence-corrected chi connectivity index (χ4v) is 0.763. The van der Waals surface area contributed by atoms with Crippen LogP contribution in [0.3, 0.4) is 0 Å². The lowest BCUT2D eigenvalue weighted by Crippen LogP contribution is -2.51. The second-order valence-electron chi connectivity index (χ2n) is 2.08. The first-order chi connectivity index (χ1) is 5.11. The number of amidine groups is 1. The second-order valence-corrected chi connectivity index (χ2v) is 2.08. The summed E-state index contributed by atoms with van der Waals surface area (Å²) in [6, 6.07) is -0.409. The van der Waals surface area contributed by atoms with Crippen molar-refractivity contribution >= 4 is 17.8 Å². The molecule has 0 radical (unpaired) electrons. The zero-order valence-corrected chi connectivity index (χ0v) is 5.74. The number of hydroxylamine groups is 2. The molecule has 0 atom stereocenters. The molecule has 11 heavy (non-hydrogen) atoms. The van der Waals surface area contributed by atoms with E-state index in [1.807, 2.05) is 0 Å². The van der Waals surface area contributed by atoms with Crippen LogP contribution < -0.4 is 11.1 Å². The Kier molecular flexibility index (Phi) is 1.75. The average molecular weight is 158 g/mol. The third kappa shape index (κ3) is 1.46. The molecule has 0 aromatic heterocycles. The van der Waals surface area contributed by atoms with Gasteiger partial charge in [-0.05, 0) is 0 Å². The molecule has 0 spiro atoms. The van der Waals surface area contributed by atoms with Gasteiger partial charge in [-0.15, -0.1) is 0 Å². The molecule has 2 amide bonds. The highest BCUT2D eigenvalue weighted by Gasteiger charge is 2.32. The first-order valence-corrected chi connectivity index (χ1v) is 3.03. The van der Waals surface area contributed by atoms with Crippen LogP contribution in [0.1, 0.15) is 12.8 Å². The van der Waals surface area contributed by atoms with Crippen LogP contribution in [-0.2, 0) is 14.4 Å². The summed E-state index contributed by atoms with van der Waals surface area (Å²) in [6.07, 6.45) is 0.318. The molecule has 6 nitrogen and oxygen atoms in total. The summed E-state index contributed by atoms with van der Waals surface area (Å²) in [4.78, 5) is 26.0. The smallest absolute Gasteiger partial charge is 0.293 e. The summed E-state index contributed by atoms with van der Waals surface area (Å²) in [5, 5.41) is 5.50. The molecular formula is C5H8N3O3+. The first-order valence-electron chi connectivity index (χ1n) is 3.03. The molecule has 0 bridgehead atoms. The number of hydrogen-bond donors (Lipinski definition) is 2. The molecule has 0 unspecified atom stereocenters. The summed E-state index contributed by atoms with van der Waals surface area (Å²) in [5.74, 6) is -0.827. The van der Waals surface area contributed by atoms with Gasteiger partial charge in [0.25, 0.3) is 11.8 Å². The predicted molar refractivity (Wildman–Crippen MR) is 33.3 cm³/mol. The Labute approximate surface area is 62.4 Å². The van der Waals surface area contributed by atoms with Gasteiger partial charge in [0.05, 0.1) is 0 Å². The summed E-state index contributed by atoms with van der Waals surface area (Å²) in [7, 11) is 0. The summed E-state index contributed by atoms with van der Waals surface area (Å²) >= 11 is 0. The Morgan fingerprint density at radius 3 is 2.27 bits per heavy atom. The van der Waals surface area contributed by atoms with E-state index in [9.17, 15) is 9.59 Å². The normalized spacial score (nSPS) is 17.3. The minimum absolute atomic E-state index is 0.159. The molecule has 0 aromatic rings. The van der Waals surface area contributed by atoms with Crippen molar-refractivity contribution in [3.05, 3.63) is 0 Å². The van der Waals surface area contributed by atoms with Crippen molar-refractivity contribution in [1.29, 1.82) is 0 Å². The maximum Gasteiger partial charge on any atom is 0.462 e. The molecule has 0 aliphatic carbocycles. The number of hydrogen-bond acceptors (Lipinski definition) is 3. The molecular weight excluding hydrogens is 150 g/mol. The van der Waals surface area contributed by atoms with Crippen molar-refractivity contribution in [2.45, 2.75) is 12.8 Å². The number of carbonyl (C=O) groups excluding carboxylic acids is 2. The van der Waals surface area contributed by atoms with E-state index in [0.29, 0.717) is 5.06 Å². The second kappa shape index (κ2) is 2.57. The molecule has 1 fully saturated rings. The largest absolute Gasteiger partial charge is 0.462 e. The van der Waals surface area contributed by atoms with Crippen LogP contribution in [0.4, 0.5) is 0 Å². The summed E-state index contributed by atoms with van der Waals surface area (Å²) in [5.41, 5.74) is 4.92. The summed E-state index contributed by atoms with van der Waals surface area (Å²) in [6.45, 7) is 0. The van der Waals surface area contributed by atoms with Crippen molar-refractivity contribution in [3.63, 3.8) is 0 Å². The number of rotatable bonds is 1. The lowest BCUT2D eigenvalue weighted by molar-refractivity contribution is -0.196. The number of amides is 2. The van der Waals surface area contributed by atoms with E-state index in [0.717, 1.165) is 0 Å². The van der Waals surface area contributed by atoms with E-state index >= 15 is 0 Å². The molecule has 4 N–H and O–H groups in total. The highest BCUT2D eigenvalue weighted by molar-refractivity contribution is 6.01. The topological polar surface area (TPSA) is 98.2 Å². The highest BCUT2D eigenvalue weighted by atomic mass is 16.7. The first kappa shape index (κ1) is 7.52. The fourth-order valence-electron chi connectivity index (χ4n) is 0.763. The Balaban J connectivity index is 2.62. The molecule has 1 aliphatic rings. The van der Waals surface area contributed by atoms with Crippen LogP contribution >= 0.6 is 0 Å². The van der Waals surface area contributed by atoms with Crippen LogP contribution in [0, 0.1) is 0 Å². The Morgan fingerprint density at radius 1 is 1.45 bits per heavy atom. The molecule has 0 saturated carbocycles. The van der Waals surface area contributed by atoms with Gasteiger partial charge >= 0.3 is 6.02 Å². The van der Waals surface area contributed by atoms with Crippen molar-refractivity contribution in [1.82, 2.24) is 5.06 Å². The SMILES string of the molecule is NC(=[NH2+])ON1C(=O)CCC1=O. The van der Waals surface area contributed by atoms with Gasteiger partial charge in [0.1, 0.15) is 0 Å².